The zero-order valence-electron chi connectivity index (χ0n) is 10.1. The van der Waals surface area contributed by atoms with Crippen LogP contribution in [-0.2, 0) is 4.74 Å². The van der Waals surface area contributed by atoms with Gasteiger partial charge in [0.25, 0.3) is 0 Å². The summed E-state index contributed by atoms with van der Waals surface area (Å²) in [4.78, 5) is 8.02. The summed E-state index contributed by atoms with van der Waals surface area (Å²) >= 11 is 1.75. The first-order valence-corrected chi connectivity index (χ1v) is 6.46. The van der Waals surface area contributed by atoms with Crippen molar-refractivity contribution in [1.82, 2.24) is 10.3 Å². The first-order chi connectivity index (χ1) is 7.66. The fourth-order valence-corrected chi connectivity index (χ4v) is 2.62. The largest absolute Gasteiger partial charge is 0.374 e. The Morgan fingerprint density at radius 1 is 1.56 bits per heavy atom. The summed E-state index contributed by atoms with van der Waals surface area (Å²) in [6.45, 7) is 7.79. The number of likely N-dealkylation sites (N-methyl/N-ethyl adjacent to an activating group) is 1. The van der Waals surface area contributed by atoms with E-state index in [9.17, 15) is 0 Å². The molecule has 90 valence electrons. The van der Waals surface area contributed by atoms with E-state index < -0.39 is 0 Å². The van der Waals surface area contributed by atoms with Gasteiger partial charge in [-0.2, -0.15) is 0 Å². The highest BCUT2D eigenvalue weighted by Crippen LogP contribution is 2.24. The van der Waals surface area contributed by atoms with Crippen LogP contribution in [0, 0.1) is 13.8 Å². The summed E-state index contributed by atoms with van der Waals surface area (Å²) in [6, 6.07) is 0. The molecule has 5 heteroatoms. The van der Waals surface area contributed by atoms with Crippen LogP contribution < -0.4 is 10.2 Å². The summed E-state index contributed by atoms with van der Waals surface area (Å²) in [7, 11) is 2.08. The fraction of sp³-hybridized carbons (Fsp3) is 0.727. The van der Waals surface area contributed by atoms with Crippen LogP contribution in [0.2, 0.25) is 0 Å². The van der Waals surface area contributed by atoms with E-state index >= 15 is 0 Å². The Balaban J connectivity index is 1.93. The van der Waals surface area contributed by atoms with E-state index in [0.29, 0.717) is 0 Å². The predicted octanol–water partition coefficient (Wildman–Crippen LogP) is 1.18. The molecule has 1 unspecified atom stereocenters. The van der Waals surface area contributed by atoms with Crippen LogP contribution in [0.5, 0.6) is 0 Å². The highest BCUT2D eigenvalue weighted by Gasteiger charge is 2.17. The average molecular weight is 241 g/mol. The van der Waals surface area contributed by atoms with Crippen molar-refractivity contribution >= 4 is 16.5 Å². The second kappa shape index (κ2) is 5.12. The number of aryl methyl sites for hydroxylation is 2. The van der Waals surface area contributed by atoms with Crippen molar-refractivity contribution < 1.29 is 4.74 Å². The maximum Gasteiger partial charge on any atom is 0.185 e. The summed E-state index contributed by atoms with van der Waals surface area (Å²) in [6.07, 6.45) is 0.281. The minimum atomic E-state index is 0.281. The second-order valence-corrected chi connectivity index (χ2v) is 5.40. The molecule has 0 aliphatic carbocycles. The van der Waals surface area contributed by atoms with Crippen LogP contribution in [0.1, 0.15) is 10.6 Å². The average Bonchev–Trinajstić information content (AvgIpc) is 2.61. The second-order valence-electron chi connectivity index (χ2n) is 4.22. The first-order valence-electron chi connectivity index (χ1n) is 5.64. The van der Waals surface area contributed by atoms with Crippen molar-refractivity contribution in [3.63, 3.8) is 0 Å². The van der Waals surface area contributed by atoms with Gasteiger partial charge < -0.3 is 15.0 Å². The predicted molar refractivity (Wildman–Crippen MR) is 67.5 cm³/mol. The van der Waals surface area contributed by atoms with Crippen molar-refractivity contribution in [2.24, 2.45) is 0 Å². The molecule has 0 radical (unpaired) electrons. The zero-order chi connectivity index (χ0) is 11.5. The molecule has 0 spiro atoms. The minimum Gasteiger partial charge on any atom is -0.374 e. The summed E-state index contributed by atoms with van der Waals surface area (Å²) in [5.74, 6) is 0. The Kier molecular flexibility index (Phi) is 3.78. The molecule has 2 heterocycles. The highest BCUT2D eigenvalue weighted by molar-refractivity contribution is 7.15. The SMILES string of the molecule is Cc1nc(N(C)CC2CNCCO2)sc1C. The number of hydrogen-bond donors (Lipinski definition) is 1. The smallest absolute Gasteiger partial charge is 0.185 e. The quantitative estimate of drug-likeness (QED) is 0.862. The topological polar surface area (TPSA) is 37.4 Å². The van der Waals surface area contributed by atoms with Gasteiger partial charge >= 0.3 is 0 Å². The lowest BCUT2D eigenvalue weighted by molar-refractivity contribution is 0.0340. The van der Waals surface area contributed by atoms with Gasteiger partial charge in [0.2, 0.25) is 0 Å². The van der Waals surface area contributed by atoms with Crippen molar-refractivity contribution in [1.29, 1.82) is 0 Å². The monoisotopic (exact) mass is 241 g/mol. The minimum absolute atomic E-state index is 0.281. The molecule has 0 saturated carbocycles. The lowest BCUT2D eigenvalue weighted by Gasteiger charge is -2.27. The number of nitrogens with one attached hydrogen (secondary N) is 1. The molecule has 1 aliphatic rings. The van der Waals surface area contributed by atoms with E-state index in [1.54, 1.807) is 11.3 Å². The van der Waals surface area contributed by atoms with Crippen LogP contribution in [-0.4, -0.2) is 44.4 Å². The van der Waals surface area contributed by atoms with E-state index in [-0.39, 0.29) is 6.10 Å². The molecule has 1 aromatic rings. The molecular weight excluding hydrogens is 222 g/mol. The normalized spacial score (nSPS) is 21.1. The van der Waals surface area contributed by atoms with Crippen molar-refractivity contribution in [2.45, 2.75) is 20.0 Å². The molecule has 1 aliphatic heterocycles. The lowest BCUT2D eigenvalue weighted by Crippen LogP contribution is -2.44. The third kappa shape index (κ3) is 2.72. The van der Waals surface area contributed by atoms with Gasteiger partial charge in [-0.1, -0.05) is 0 Å². The number of hydrogen-bond acceptors (Lipinski definition) is 5. The summed E-state index contributed by atoms with van der Waals surface area (Å²) < 4.78 is 5.68. The Morgan fingerprint density at radius 3 is 2.94 bits per heavy atom. The Morgan fingerprint density at radius 2 is 2.38 bits per heavy atom. The Labute approximate surface area is 101 Å². The van der Waals surface area contributed by atoms with Gasteiger partial charge in [0.1, 0.15) is 0 Å². The van der Waals surface area contributed by atoms with Gasteiger partial charge in [-0.15, -0.1) is 11.3 Å². The molecule has 16 heavy (non-hydrogen) atoms. The molecule has 2 rings (SSSR count). The van der Waals surface area contributed by atoms with E-state index in [1.165, 1.54) is 4.88 Å². The molecule has 1 saturated heterocycles. The van der Waals surface area contributed by atoms with Gasteiger partial charge in [0.05, 0.1) is 18.4 Å². The zero-order valence-corrected chi connectivity index (χ0v) is 10.9. The number of aromatic nitrogens is 1. The number of ether oxygens (including phenoxy) is 1. The number of morpholine rings is 1. The molecule has 0 amide bonds. The maximum atomic E-state index is 5.68. The van der Waals surface area contributed by atoms with Crippen LogP contribution in [0.3, 0.4) is 0 Å². The van der Waals surface area contributed by atoms with E-state index in [0.717, 1.165) is 37.1 Å². The number of nitrogens with zero attached hydrogens (tertiary/aromatic N) is 2. The first kappa shape index (κ1) is 11.8. The van der Waals surface area contributed by atoms with Crippen LogP contribution in [0.15, 0.2) is 0 Å². The molecule has 1 fully saturated rings. The Bertz CT molecular complexity index is 327. The molecule has 0 aromatic carbocycles. The fourth-order valence-electron chi connectivity index (χ4n) is 1.74. The third-order valence-corrected chi connectivity index (χ3v) is 4.01. The van der Waals surface area contributed by atoms with Crippen LogP contribution in [0.4, 0.5) is 5.13 Å². The van der Waals surface area contributed by atoms with Crippen LogP contribution in [0.25, 0.3) is 0 Å². The highest BCUT2D eigenvalue weighted by atomic mass is 32.1. The van der Waals surface area contributed by atoms with Gasteiger partial charge in [0.15, 0.2) is 5.13 Å². The van der Waals surface area contributed by atoms with Crippen molar-refractivity contribution in [2.75, 3.05) is 38.2 Å². The molecular formula is C11H19N3OS. The van der Waals surface area contributed by atoms with Crippen molar-refractivity contribution in [3.8, 4) is 0 Å². The summed E-state index contributed by atoms with van der Waals surface area (Å²) in [5, 5.41) is 4.43. The molecule has 1 aromatic heterocycles. The van der Waals surface area contributed by atoms with Gasteiger partial charge in [-0.25, -0.2) is 4.98 Å². The van der Waals surface area contributed by atoms with Gasteiger partial charge in [-0.3, -0.25) is 0 Å². The molecule has 4 nitrogen and oxygen atoms in total. The van der Waals surface area contributed by atoms with E-state index in [2.05, 4.69) is 36.1 Å². The number of rotatable bonds is 3. The molecule has 1 N–H and O–H groups in total. The van der Waals surface area contributed by atoms with Crippen LogP contribution >= 0.6 is 11.3 Å². The Hall–Kier alpha value is -0.650. The number of thiazole rings is 1. The van der Waals surface area contributed by atoms with Gasteiger partial charge in [-0.05, 0) is 13.8 Å². The third-order valence-electron chi connectivity index (χ3n) is 2.83. The standard InChI is InChI=1S/C11H19N3OS/c1-8-9(2)16-11(13-8)14(3)7-10-6-12-4-5-15-10/h10,12H,4-7H2,1-3H3. The van der Waals surface area contributed by atoms with E-state index in [4.69, 9.17) is 4.74 Å². The summed E-state index contributed by atoms with van der Waals surface area (Å²) in [5.41, 5.74) is 1.13. The van der Waals surface area contributed by atoms with Crippen molar-refractivity contribution in [3.05, 3.63) is 10.6 Å². The number of anilines is 1. The molecule has 0 bridgehead atoms. The van der Waals surface area contributed by atoms with E-state index in [1.807, 2.05) is 0 Å². The maximum absolute atomic E-state index is 5.68. The van der Waals surface area contributed by atoms with Gasteiger partial charge in [0, 0.05) is 31.6 Å². The molecule has 1 atom stereocenters. The lowest BCUT2D eigenvalue weighted by atomic mass is 10.3.